The van der Waals surface area contributed by atoms with Gasteiger partial charge in [-0.1, -0.05) is 22.5 Å². The molecule has 0 saturated heterocycles. The summed E-state index contributed by atoms with van der Waals surface area (Å²) in [7, 11) is 0. The monoisotopic (exact) mass is 369 g/mol. The molecule has 2 unspecified atom stereocenters. The van der Waals surface area contributed by atoms with Gasteiger partial charge in [-0.05, 0) is 26.8 Å². The smallest absolute Gasteiger partial charge is 0.235 e. The van der Waals surface area contributed by atoms with E-state index in [0.29, 0.717) is 28.6 Å². The number of carbonyl (C=O) groups excluding carboxylic acids is 1. The number of nitrogens with zero attached hydrogens (tertiary/aromatic N) is 3. The SMILES string of the molecule is CCN(C(=O)C(C)C[S+](C)[O-])c1sc(-c2cncc(F)c2)nc1C. The molecule has 2 rings (SSSR count). The zero-order valence-electron chi connectivity index (χ0n) is 14.1. The molecule has 0 aromatic carbocycles. The van der Waals surface area contributed by atoms with Crippen molar-refractivity contribution in [2.45, 2.75) is 20.8 Å². The van der Waals surface area contributed by atoms with E-state index >= 15 is 0 Å². The maximum absolute atomic E-state index is 13.4. The zero-order chi connectivity index (χ0) is 17.9. The van der Waals surface area contributed by atoms with Gasteiger partial charge < -0.3 is 9.45 Å². The molecule has 0 aliphatic rings. The summed E-state index contributed by atoms with van der Waals surface area (Å²) >= 11 is 0.297. The summed E-state index contributed by atoms with van der Waals surface area (Å²) in [4.78, 5) is 22.6. The van der Waals surface area contributed by atoms with Gasteiger partial charge in [0.1, 0.15) is 21.6 Å². The summed E-state index contributed by atoms with van der Waals surface area (Å²) in [5, 5.41) is 1.35. The molecular formula is C16H20FN3O2S2. The van der Waals surface area contributed by atoms with Crippen LogP contribution in [0.2, 0.25) is 0 Å². The summed E-state index contributed by atoms with van der Waals surface area (Å²) in [6.45, 7) is 5.97. The Morgan fingerprint density at radius 1 is 1.50 bits per heavy atom. The van der Waals surface area contributed by atoms with Crippen LogP contribution >= 0.6 is 11.3 Å². The Labute approximate surface area is 148 Å². The Balaban J connectivity index is 2.31. The first-order chi connectivity index (χ1) is 11.3. The van der Waals surface area contributed by atoms with E-state index in [1.165, 1.54) is 17.4 Å². The van der Waals surface area contributed by atoms with Crippen molar-refractivity contribution in [3.05, 3.63) is 30.0 Å². The Morgan fingerprint density at radius 2 is 2.21 bits per heavy atom. The van der Waals surface area contributed by atoms with Crippen molar-refractivity contribution in [3.8, 4) is 10.6 Å². The predicted molar refractivity (Wildman–Crippen MR) is 96.2 cm³/mol. The van der Waals surface area contributed by atoms with Crippen molar-refractivity contribution in [1.29, 1.82) is 0 Å². The third kappa shape index (κ3) is 4.31. The van der Waals surface area contributed by atoms with E-state index in [9.17, 15) is 13.7 Å². The lowest BCUT2D eigenvalue weighted by atomic mass is 10.2. The molecule has 0 saturated carbocycles. The first kappa shape index (κ1) is 18.8. The van der Waals surface area contributed by atoms with E-state index in [1.807, 2.05) is 13.8 Å². The first-order valence-electron chi connectivity index (χ1n) is 7.53. The van der Waals surface area contributed by atoms with Crippen LogP contribution in [0.4, 0.5) is 9.39 Å². The van der Waals surface area contributed by atoms with Crippen molar-refractivity contribution in [2.75, 3.05) is 23.5 Å². The molecule has 2 atom stereocenters. The van der Waals surface area contributed by atoms with E-state index in [1.54, 1.807) is 24.3 Å². The Bertz CT molecular complexity index is 721. The van der Waals surface area contributed by atoms with Gasteiger partial charge in [-0.15, -0.1) is 0 Å². The van der Waals surface area contributed by atoms with Crippen LogP contribution < -0.4 is 4.90 Å². The second kappa shape index (κ2) is 8.04. The van der Waals surface area contributed by atoms with Gasteiger partial charge in [0, 0.05) is 18.3 Å². The van der Waals surface area contributed by atoms with Crippen LogP contribution in [0.5, 0.6) is 0 Å². The first-order valence-corrected chi connectivity index (χ1v) is 10.1. The molecule has 0 spiro atoms. The molecule has 5 nitrogen and oxygen atoms in total. The number of aromatic nitrogens is 2. The highest BCUT2D eigenvalue weighted by Crippen LogP contribution is 2.35. The third-order valence-electron chi connectivity index (χ3n) is 3.46. The largest absolute Gasteiger partial charge is 0.617 e. The summed E-state index contributed by atoms with van der Waals surface area (Å²) in [5.74, 6) is -0.516. The van der Waals surface area contributed by atoms with Gasteiger partial charge in [0.25, 0.3) is 0 Å². The van der Waals surface area contributed by atoms with Gasteiger partial charge in [-0.2, -0.15) is 0 Å². The zero-order valence-corrected chi connectivity index (χ0v) is 15.7. The summed E-state index contributed by atoms with van der Waals surface area (Å²) in [5.41, 5.74) is 1.29. The average Bonchev–Trinajstić information content (AvgIpc) is 2.89. The number of amides is 1. The van der Waals surface area contributed by atoms with Crippen LogP contribution in [0.3, 0.4) is 0 Å². The summed E-state index contributed by atoms with van der Waals surface area (Å²) in [6, 6.07) is 1.37. The fraction of sp³-hybridized carbons (Fsp3) is 0.438. The average molecular weight is 369 g/mol. The van der Waals surface area contributed by atoms with Crippen molar-refractivity contribution in [1.82, 2.24) is 9.97 Å². The van der Waals surface area contributed by atoms with Crippen molar-refractivity contribution < 1.29 is 13.7 Å². The van der Waals surface area contributed by atoms with Gasteiger partial charge >= 0.3 is 0 Å². The molecule has 1 amide bonds. The molecule has 130 valence electrons. The maximum Gasteiger partial charge on any atom is 0.235 e. The third-order valence-corrected chi connectivity index (χ3v) is 5.66. The lowest BCUT2D eigenvalue weighted by molar-refractivity contribution is -0.121. The molecule has 0 fully saturated rings. The molecule has 8 heteroatoms. The Morgan fingerprint density at radius 3 is 2.79 bits per heavy atom. The van der Waals surface area contributed by atoms with Crippen LogP contribution in [-0.2, 0) is 16.0 Å². The van der Waals surface area contributed by atoms with E-state index in [2.05, 4.69) is 9.97 Å². The second-order valence-electron chi connectivity index (χ2n) is 5.52. The number of carbonyl (C=O) groups is 1. The minimum atomic E-state index is -1.03. The quantitative estimate of drug-likeness (QED) is 0.734. The highest BCUT2D eigenvalue weighted by atomic mass is 32.2. The van der Waals surface area contributed by atoms with Crippen molar-refractivity contribution in [2.24, 2.45) is 5.92 Å². The molecule has 0 radical (unpaired) electrons. The normalized spacial score (nSPS) is 13.6. The van der Waals surface area contributed by atoms with Crippen LogP contribution in [0, 0.1) is 18.7 Å². The Kier molecular flexibility index (Phi) is 6.31. The van der Waals surface area contributed by atoms with Crippen LogP contribution in [-0.4, -0.2) is 39.0 Å². The van der Waals surface area contributed by atoms with Gasteiger partial charge in [-0.3, -0.25) is 9.78 Å². The number of thiazole rings is 1. The highest BCUT2D eigenvalue weighted by Gasteiger charge is 2.26. The summed E-state index contributed by atoms with van der Waals surface area (Å²) in [6.07, 6.45) is 4.28. The molecule has 0 aliphatic carbocycles. The fourth-order valence-electron chi connectivity index (χ4n) is 2.38. The molecule has 0 bridgehead atoms. The van der Waals surface area contributed by atoms with Gasteiger partial charge in [0.05, 0.1) is 24.1 Å². The van der Waals surface area contributed by atoms with E-state index in [-0.39, 0.29) is 11.8 Å². The number of pyridine rings is 1. The second-order valence-corrected chi connectivity index (χ2v) is 7.98. The molecule has 0 N–H and O–H groups in total. The van der Waals surface area contributed by atoms with Crippen LogP contribution in [0.15, 0.2) is 18.5 Å². The van der Waals surface area contributed by atoms with Gasteiger partial charge in [0.2, 0.25) is 5.91 Å². The maximum atomic E-state index is 13.4. The highest BCUT2D eigenvalue weighted by molar-refractivity contribution is 7.90. The molecule has 2 heterocycles. The summed E-state index contributed by atoms with van der Waals surface area (Å²) < 4.78 is 24.7. The number of halogens is 1. The predicted octanol–water partition coefficient (Wildman–Crippen LogP) is 3.02. The number of anilines is 1. The molecule has 2 aromatic rings. The number of aryl methyl sites for hydroxylation is 1. The van der Waals surface area contributed by atoms with E-state index in [0.717, 1.165) is 11.2 Å². The minimum absolute atomic E-state index is 0.0802. The van der Waals surface area contributed by atoms with E-state index in [4.69, 9.17) is 0 Å². The fourth-order valence-corrected chi connectivity index (χ4v) is 4.34. The number of hydrogen-bond acceptors (Lipinski definition) is 5. The number of rotatable bonds is 6. The molecular weight excluding hydrogens is 349 g/mol. The lowest BCUT2D eigenvalue weighted by Crippen LogP contribution is -2.37. The minimum Gasteiger partial charge on any atom is -0.617 e. The standard InChI is InChI=1S/C16H20FN3O2S2/c1-5-20(15(21)10(2)9-24(4)22)16-11(3)19-14(23-16)12-6-13(17)8-18-7-12/h6-8,10H,5,9H2,1-4H3. The van der Waals surface area contributed by atoms with Crippen molar-refractivity contribution >= 4 is 33.4 Å². The van der Waals surface area contributed by atoms with Crippen molar-refractivity contribution in [3.63, 3.8) is 0 Å². The molecule has 24 heavy (non-hydrogen) atoms. The topological polar surface area (TPSA) is 69.2 Å². The molecule has 2 aromatic heterocycles. The number of hydrogen-bond donors (Lipinski definition) is 0. The van der Waals surface area contributed by atoms with Gasteiger partial charge in [-0.25, -0.2) is 9.37 Å². The molecule has 0 aliphatic heterocycles. The van der Waals surface area contributed by atoms with E-state index < -0.39 is 17.0 Å². The Hall–Kier alpha value is -1.51. The lowest BCUT2D eigenvalue weighted by Gasteiger charge is -2.23. The van der Waals surface area contributed by atoms with Gasteiger partial charge in [0.15, 0.2) is 0 Å². The van der Waals surface area contributed by atoms with Crippen LogP contribution in [0.25, 0.3) is 10.6 Å². The van der Waals surface area contributed by atoms with Crippen LogP contribution in [0.1, 0.15) is 19.5 Å².